The zero-order valence-electron chi connectivity index (χ0n) is 11.7. The molecule has 1 aromatic rings. The molecule has 0 aliphatic heterocycles. The van der Waals surface area contributed by atoms with Crippen LogP contribution in [0.25, 0.3) is 0 Å². The summed E-state index contributed by atoms with van der Waals surface area (Å²) in [5, 5.41) is 3.58. The van der Waals surface area contributed by atoms with Crippen LogP contribution in [-0.4, -0.2) is 16.5 Å². The summed E-state index contributed by atoms with van der Waals surface area (Å²) in [5.74, 6) is 1.74. The van der Waals surface area contributed by atoms with E-state index in [2.05, 4.69) is 37.3 Å². The summed E-state index contributed by atoms with van der Waals surface area (Å²) in [5.41, 5.74) is 2.96. The average molecular weight is 245 g/mol. The molecule has 1 fully saturated rings. The van der Waals surface area contributed by atoms with Crippen LogP contribution < -0.4 is 5.32 Å². The van der Waals surface area contributed by atoms with Crippen molar-refractivity contribution in [2.75, 3.05) is 6.54 Å². The third kappa shape index (κ3) is 2.28. The summed E-state index contributed by atoms with van der Waals surface area (Å²) in [7, 11) is 0. The second-order valence-corrected chi connectivity index (χ2v) is 6.56. The standard InChI is InChI=1S/C15H23N3/c1-4-16-12-7-15(2,3)8-13-11(12)9-17-14(18-13)10-5-6-10/h9-10,12,16H,4-8H2,1-3H3. The number of hydrogen-bond donors (Lipinski definition) is 1. The van der Waals surface area contributed by atoms with Gasteiger partial charge in [-0.3, -0.25) is 0 Å². The molecular formula is C15H23N3. The van der Waals surface area contributed by atoms with Gasteiger partial charge in [-0.25, -0.2) is 9.97 Å². The zero-order valence-corrected chi connectivity index (χ0v) is 11.7. The lowest BCUT2D eigenvalue weighted by atomic mass is 9.74. The van der Waals surface area contributed by atoms with Gasteiger partial charge in [0.25, 0.3) is 0 Å². The Labute approximate surface area is 109 Å². The van der Waals surface area contributed by atoms with Crippen molar-refractivity contribution in [1.82, 2.24) is 15.3 Å². The highest BCUT2D eigenvalue weighted by atomic mass is 15.0. The third-order valence-corrected chi connectivity index (χ3v) is 4.09. The molecule has 1 unspecified atom stereocenters. The normalized spacial score (nSPS) is 25.8. The van der Waals surface area contributed by atoms with Crippen LogP contribution in [-0.2, 0) is 6.42 Å². The fourth-order valence-corrected chi connectivity index (χ4v) is 3.03. The van der Waals surface area contributed by atoms with E-state index in [-0.39, 0.29) is 0 Å². The van der Waals surface area contributed by atoms with E-state index in [1.165, 1.54) is 30.5 Å². The first-order chi connectivity index (χ1) is 8.59. The predicted molar refractivity (Wildman–Crippen MR) is 72.5 cm³/mol. The van der Waals surface area contributed by atoms with Crippen LogP contribution >= 0.6 is 0 Å². The molecule has 3 heteroatoms. The molecule has 0 aromatic carbocycles. The van der Waals surface area contributed by atoms with Gasteiger partial charge in [0.15, 0.2) is 0 Å². The van der Waals surface area contributed by atoms with Crippen molar-refractivity contribution in [1.29, 1.82) is 0 Å². The second kappa shape index (κ2) is 4.30. The molecule has 2 aliphatic carbocycles. The van der Waals surface area contributed by atoms with Crippen LogP contribution in [0, 0.1) is 5.41 Å². The average Bonchev–Trinajstić information content (AvgIpc) is 3.10. The number of nitrogens with zero attached hydrogens (tertiary/aromatic N) is 2. The monoisotopic (exact) mass is 245 g/mol. The van der Waals surface area contributed by atoms with E-state index in [0.29, 0.717) is 17.4 Å². The Morgan fingerprint density at radius 1 is 1.39 bits per heavy atom. The van der Waals surface area contributed by atoms with Gasteiger partial charge < -0.3 is 5.32 Å². The summed E-state index contributed by atoms with van der Waals surface area (Å²) in [4.78, 5) is 9.44. The van der Waals surface area contributed by atoms with E-state index < -0.39 is 0 Å². The van der Waals surface area contributed by atoms with E-state index in [0.717, 1.165) is 18.8 Å². The fraction of sp³-hybridized carbons (Fsp3) is 0.733. The molecule has 1 saturated carbocycles. The van der Waals surface area contributed by atoms with E-state index in [9.17, 15) is 0 Å². The SMILES string of the molecule is CCNC1CC(C)(C)Cc2nc(C3CC3)ncc21. The van der Waals surface area contributed by atoms with Crippen molar-refractivity contribution >= 4 is 0 Å². The number of hydrogen-bond acceptors (Lipinski definition) is 3. The van der Waals surface area contributed by atoms with Crippen LogP contribution in [0.5, 0.6) is 0 Å². The molecule has 0 bridgehead atoms. The van der Waals surface area contributed by atoms with Gasteiger partial charge in [0.05, 0.1) is 0 Å². The Balaban J connectivity index is 1.95. The molecule has 98 valence electrons. The van der Waals surface area contributed by atoms with E-state index in [1.807, 2.05) is 0 Å². The van der Waals surface area contributed by atoms with Gasteiger partial charge in [-0.05, 0) is 37.6 Å². The molecule has 1 N–H and O–H groups in total. The van der Waals surface area contributed by atoms with Crippen LogP contribution in [0.4, 0.5) is 0 Å². The maximum Gasteiger partial charge on any atom is 0.131 e. The third-order valence-electron chi connectivity index (χ3n) is 4.09. The van der Waals surface area contributed by atoms with Crippen LogP contribution in [0.1, 0.15) is 69.1 Å². The molecule has 2 aliphatic rings. The van der Waals surface area contributed by atoms with Crippen molar-refractivity contribution < 1.29 is 0 Å². The smallest absolute Gasteiger partial charge is 0.131 e. The minimum absolute atomic E-state index is 0.342. The van der Waals surface area contributed by atoms with Crippen molar-refractivity contribution in [2.45, 2.75) is 58.4 Å². The van der Waals surface area contributed by atoms with Gasteiger partial charge in [-0.2, -0.15) is 0 Å². The first-order valence-electron chi connectivity index (χ1n) is 7.18. The van der Waals surface area contributed by atoms with Crippen molar-refractivity contribution in [3.63, 3.8) is 0 Å². The Kier molecular flexibility index (Phi) is 2.89. The lowest BCUT2D eigenvalue weighted by Gasteiger charge is -2.36. The Bertz CT molecular complexity index is 449. The highest BCUT2D eigenvalue weighted by Gasteiger charge is 2.34. The van der Waals surface area contributed by atoms with Crippen molar-refractivity contribution in [3.05, 3.63) is 23.3 Å². The highest BCUT2D eigenvalue weighted by molar-refractivity contribution is 5.28. The maximum absolute atomic E-state index is 4.85. The zero-order chi connectivity index (χ0) is 12.8. The molecule has 3 nitrogen and oxygen atoms in total. The summed E-state index contributed by atoms with van der Waals surface area (Å²) in [6, 6.07) is 0.432. The highest BCUT2D eigenvalue weighted by Crippen LogP contribution is 2.42. The van der Waals surface area contributed by atoms with E-state index in [1.54, 1.807) is 0 Å². The molecule has 1 heterocycles. The van der Waals surface area contributed by atoms with Crippen LogP contribution in [0.15, 0.2) is 6.20 Å². The fourth-order valence-electron chi connectivity index (χ4n) is 3.03. The number of fused-ring (bicyclic) bond motifs is 1. The first-order valence-corrected chi connectivity index (χ1v) is 7.18. The maximum atomic E-state index is 4.85. The van der Waals surface area contributed by atoms with Gasteiger partial charge in [-0.15, -0.1) is 0 Å². The van der Waals surface area contributed by atoms with E-state index in [4.69, 9.17) is 4.98 Å². The largest absolute Gasteiger partial charge is 0.310 e. The molecule has 0 saturated heterocycles. The lowest BCUT2D eigenvalue weighted by molar-refractivity contribution is 0.255. The van der Waals surface area contributed by atoms with Gasteiger partial charge >= 0.3 is 0 Å². The predicted octanol–water partition coefficient (Wildman–Crippen LogP) is 2.98. The topological polar surface area (TPSA) is 37.8 Å². The first kappa shape index (κ1) is 12.1. The van der Waals surface area contributed by atoms with Gasteiger partial charge in [0.1, 0.15) is 5.82 Å². The Morgan fingerprint density at radius 2 is 2.17 bits per heavy atom. The lowest BCUT2D eigenvalue weighted by Crippen LogP contribution is -2.34. The number of rotatable bonds is 3. The molecule has 1 aromatic heterocycles. The van der Waals surface area contributed by atoms with Gasteiger partial charge in [0.2, 0.25) is 0 Å². The summed E-state index contributed by atoms with van der Waals surface area (Å²) in [6.45, 7) is 7.86. The second-order valence-electron chi connectivity index (χ2n) is 6.56. The minimum Gasteiger partial charge on any atom is -0.310 e. The number of aromatic nitrogens is 2. The molecule has 3 rings (SSSR count). The summed E-state index contributed by atoms with van der Waals surface area (Å²) < 4.78 is 0. The molecule has 0 radical (unpaired) electrons. The molecule has 18 heavy (non-hydrogen) atoms. The quantitative estimate of drug-likeness (QED) is 0.889. The van der Waals surface area contributed by atoms with Crippen molar-refractivity contribution in [3.8, 4) is 0 Å². The minimum atomic E-state index is 0.342. The van der Waals surface area contributed by atoms with Gasteiger partial charge in [-0.1, -0.05) is 20.8 Å². The van der Waals surface area contributed by atoms with E-state index >= 15 is 0 Å². The van der Waals surface area contributed by atoms with Gasteiger partial charge in [0, 0.05) is 29.4 Å². The molecule has 1 atom stereocenters. The molecule has 0 spiro atoms. The van der Waals surface area contributed by atoms with Crippen molar-refractivity contribution in [2.24, 2.45) is 5.41 Å². The Hall–Kier alpha value is -0.960. The summed E-state index contributed by atoms with van der Waals surface area (Å²) in [6.07, 6.45) is 6.91. The number of nitrogens with one attached hydrogen (secondary N) is 1. The van der Waals surface area contributed by atoms with Crippen LogP contribution in [0.3, 0.4) is 0 Å². The molecular weight excluding hydrogens is 222 g/mol. The molecule has 0 amide bonds. The summed E-state index contributed by atoms with van der Waals surface area (Å²) >= 11 is 0. The Morgan fingerprint density at radius 3 is 2.83 bits per heavy atom. The van der Waals surface area contributed by atoms with Crippen LogP contribution in [0.2, 0.25) is 0 Å².